The topological polar surface area (TPSA) is 111 Å². The van der Waals surface area contributed by atoms with Gasteiger partial charge in [0.1, 0.15) is 12.6 Å². The molecule has 214 valence electrons. The minimum absolute atomic E-state index is 0.270. The highest BCUT2D eigenvalue weighted by Crippen LogP contribution is 2.35. The van der Waals surface area contributed by atoms with Crippen molar-refractivity contribution in [2.45, 2.75) is 45.8 Å². The first-order valence-corrected chi connectivity index (χ1v) is 13.3. The molecule has 0 saturated heterocycles. The number of hydrogen-bond acceptors (Lipinski definition) is 7. The summed E-state index contributed by atoms with van der Waals surface area (Å²) < 4.78 is 10.9. The van der Waals surface area contributed by atoms with E-state index >= 15 is 0 Å². The van der Waals surface area contributed by atoms with Gasteiger partial charge in [0.05, 0.1) is 14.2 Å². The number of methoxy groups -OCH3 is 2. The van der Waals surface area contributed by atoms with Crippen molar-refractivity contribution >= 4 is 29.1 Å². The van der Waals surface area contributed by atoms with Gasteiger partial charge in [0, 0.05) is 21.8 Å². The zero-order chi connectivity index (χ0) is 29.7. The van der Waals surface area contributed by atoms with Gasteiger partial charge in [0.15, 0.2) is 11.5 Å². The van der Waals surface area contributed by atoms with E-state index in [0.29, 0.717) is 33.6 Å². The Bertz CT molecular complexity index is 1510. The summed E-state index contributed by atoms with van der Waals surface area (Å²) >= 11 is 6.17. The number of halogens is 1. The molecule has 3 aromatic carbocycles. The number of tetrazole rings is 1. The lowest BCUT2D eigenvalue weighted by atomic mass is 10.00. The maximum absolute atomic E-state index is 14.1. The summed E-state index contributed by atoms with van der Waals surface area (Å²) in [7, 11) is 3.04. The second-order valence-electron chi connectivity index (χ2n) is 10.5. The van der Waals surface area contributed by atoms with Crippen LogP contribution in [0.15, 0.2) is 66.7 Å². The van der Waals surface area contributed by atoms with Crippen molar-refractivity contribution in [1.82, 2.24) is 25.5 Å². The molecule has 0 fully saturated rings. The second-order valence-corrected chi connectivity index (χ2v) is 10.9. The van der Waals surface area contributed by atoms with Crippen molar-refractivity contribution < 1.29 is 19.1 Å². The normalized spacial score (nSPS) is 12.0. The van der Waals surface area contributed by atoms with Crippen LogP contribution < -0.4 is 19.7 Å². The molecule has 0 aliphatic heterocycles. The summed E-state index contributed by atoms with van der Waals surface area (Å²) in [4.78, 5) is 30.6. The van der Waals surface area contributed by atoms with Gasteiger partial charge in [0.25, 0.3) is 5.91 Å². The van der Waals surface area contributed by atoms with Gasteiger partial charge < -0.3 is 14.8 Å². The zero-order valence-electron chi connectivity index (χ0n) is 23.9. The van der Waals surface area contributed by atoms with E-state index in [2.05, 4.69) is 20.7 Å². The quantitative estimate of drug-likeness (QED) is 0.298. The van der Waals surface area contributed by atoms with E-state index in [4.69, 9.17) is 21.1 Å². The summed E-state index contributed by atoms with van der Waals surface area (Å²) in [5.41, 5.74) is 2.28. The van der Waals surface area contributed by atoms with E-state index in [1.807, 2.05) is 52.0 Å². The molecular weight excluding hydrogens is 544 g/mol. The molecule has 2 amide bonds. The van der Waals surface area contributed by atoms with Crippen LogP contribution in [0.1, 0.15) is 37.9 Å². The number of benzene rings is 3. The lowest BCUT2D eigenvalue weighted by Crippen LogP contribution is -2.50. The molecule has 11 heteroatoms. The predicted molar refractivity (Wildman–Crippen MR) is 157 cm³/mol. The van der Waals surface area contributed by atoms with Gasteiger partial charge in [0.2, 0.25) is 11.7 Å². The van der Waals surface area contributed by atoms with Gasteiger partial charge >= 0.3 is 0 Å². The molecule has 0 saturated carbocycles. The standard InChI is InChI=1S/C30H33ClN6O4/c1-19-7-9-20(10-8-19)28-33-35-36(34-28)18-26(38)37(23-14-12-22(31)13-15-23)27(29(39)32-30(2,3)4)21-11-16-24(40-5)25(17-21)41-6/h7-17,27H,18H2,1-6H3,(H,32,39)/t27-/m1/s1. The molecular formula is C30H33ClN6O4. The van der Waals surface area contributed by atoms with E-state index in [-0.39, 0.29) is 12.5 Å². The molecule has 4 rings (SSSR count). The van der Waals surface area contributed by atoms with Gasteiger partial charge in [-0.25, -0.2) is 0 Å². The van der Waals surface area contributed by atoms with Gasteiger partial charge in [-0.1, -0.05) is 47.5 Å². The first-order chi connectivity index (χ1) is 19.5. The summed E-state index contributed by atoms with van der Waals surface area (Å²) in [6.07, 6.45) is 0. The van der Waals surface area contributed by atoms with Crippen molar-refractivity contribution in [3.05, 3.63) is 82.9 Å². The number of nitrogens with one attached hydrogen (secondary N) is 1. The van der Waals surface area contributed by atoms with Crippen molar-refractivity contribution in [3.63, 3.8) is 0 Å². The highest BCUT2D eigenvalue weighted by molar-refractivity contribution is 6.30. The summed E-state index contributed by atoms with van der Waals surface area (Å²) in [6, 6.07) is 18.4. The van der Waals surface area contributed by atoms with Crippen molar-refractivity contribution in [3.8, 4) is 22.9 Å². The van der Waals surface area contributed by atoms with E-state index in [0.717, 1.165) is 11.1 Å². The Morgan fingerprint density at radius 1 is 0.976 bits per heavy atom. The maximum Gasteiger partial charge on any atom is 0.251 e. The van der Waals surface area contributed by atoms with Crippen LogP contribution in [0, 0.1) is 6.92 Å². The minimum Gasteiger partial charge on any atom is -0.493 e. The fourth-order valence-corrected chi connectivity index (χ4v) is 4.37. The Morgan fingerprint density at radius 3 is 2.24 bits per heavy atom. The molecule has 0 radical (unpaired) electrons. The Hall–Kier alpha value is -4.44. The largest absolute Gasteiger partial charge is 0.493 e. The fourth-order valence-electron chi connectivity index (χ4n) is 4.24. The fraction of sp³-hybridized carbons (Fsp3) is 0.300. The number of nitrogens with zero attached hydrogens (tertiary/aromatic N) is 5. The number of aromatic nitrogens is 4. The van der Waals surface area contributed by atoms with E-state index < -0.39 is 17.5 Å². The predicted octanol–water partition coefficient (Wildman–Crippen LogP) is 5.01. The molecule has 41 heavy (non-hydrogen) atoms. The van der Waals surface area contributed by atoms with Crippen LogP contribution >= 0.6 is 11.6 Å². The molecule has 4 aromatic rings. The third-order valence-corrected chi connectivity index (χ3v) is 6.39. The van der Waals surface area contributed by atoms with Gasteiger partial charge in [-0.05, 0) is 74.9 Å². The molecule has 0 bridgehead atoms. The average Bonchev–Trinajstić information content (AvgIpc) is 3.39. The first-order valence-electron chi connectivity index (χ1n) is 13.0. The number of amides is 2. The van der Waals surface area contributed by atoms with E-state index in [1.54, 1.807) is 42.5 Å². The van der Waals surface area contributed by atoms with Crippen molar-refractivity contribution in [1.29, 1.82) is 0 Å². The smallest absolute Gasteiger partial charge is 0.251 e. The number of hydrogen-bond donors (Lipinski definition) is 1. The molecule has 0 aliphatic carbocycles. The summed E-state index contributed by atoms with van der Waals surface area (Å²) in [5.74, 6) is 0.468. The Kier molecular flexibility index (Phi) is 8.92. The number of ether oxygens (including phenoxy) is 2. The SMILES string of the molecule is COc1ccc([C@H](C(=O)NC(C)(C)C)N(C(=O)Cn2nnc(-c3ccc(C)cc3)n2)c2ccc(Cl)cc2)cc1OC. The molecule has 1 atom stereocenters. The summed E-state index contributed by atoms with van der Waals surface area (Å²) in [5, 5.41) is 16.1. The monoisotopic (exact) mass is 576 g/mol. The molecule has 0 unspecified atom stereocenters. The van der Waals surface area contributed by atoms with Crippen molar-refractivity contribution in [2.75, 3.05) is 19.1 Å². The van der Waals surface area contributed by atoms with Crippen LogP contribution in [0.25, 0.3) is 11.4 Å². The number of rotatable bonds is 9. The van der Waals surface area contributed by atoms with Gasteiger partial charge in [-0.3, -0.25) is 14.5 Å². The Morgan fingerprint density at radius 2 is 1.63 bits per heavy atom. The lowest BCUT2D eigenvalue weighted by molar-refractivity contribution is -0.128. The average molecular weight is 577 g/mol. The number of aryl methyl sites for hydroxylation is 1. The van der Waals surface area contributed by atoms with Crippen LogP contribution in [0.2, 0.25) is 5.02 Å². The maximum atomic E-state index is 14.1. The lowest BCUT2D eigenvalue weighted by Gasteiger charge is -2.34. The van der Waals surface area contributed by atoms with E-state index in [1.165, 1.54) is 23.9 Å². The van der Waals surface area contributed by atoms with Crippen LogP contribution in [-0.4, -0.2) is 51.8 Å². The third kappa shape index (κ3) is 7.20. The zero-order valence-corrected chi connectivity index (χ0v) is 24.6. The molecule has 0 aliphatic rings. The molecule has 1 N–H and O–H groups in total. The Balaban J connectivity index is 1.78. The van der Waals surface area contributed by atoms with Crippen molar-refractivity contribution in [2.24, 2.45) is 0 Å². The van der Waals surface area contributed by atoms with Crippen LogP contribution in [0.4, 0.5) is 5.69 Å². The molecule has 1 aromatic heterocycles. The Labute approximate surface area is 244 Å². The van der Waals surface area contributed by atoms with Gasteiger partial charge in [-0.2, -0.15) is 4.80 Å². The summed E-state index contributed by atoms with van der Waals surface area (Å²) in [6.45, 7) is 7.33. The number of anilines is 1. The third-order valence-electron chi connectivity index (χ3n) is 6.14. The van der Waals surface area contributed by atoms with Gasteiger partial charge in [-0.15, -0.1) is 10.2 Å². The number of carbonyl (C=O) groups is 2. The first kappa shape index (κ1) is 29.5. The van der Waals surface area contributed by atoms with Crippen LogP contribution in [0.5, 0.6) is 11.5 Å². The molecule has 10 nitrogen and oxygen atoms in total. The highest BCUT2D eigenvalue weighted by atomic mass is 35.5. The molecule has 0 spiro atoms. The second kappa shape index (κ2) is 12.4. The molecule has 1 heterocycles. The van der Waals surface area contributed by atoms with E-state index in [9.17, 15) is 9.59 Å². The van der Waals surface area contributed by atoms with Crippen LogP contribution in [-0.2, 0) is 16.1 Å². The minimum atomic E-state index is -1.08. The number of carbonyl (C=O) groups excluding carboxylic acids is 2. The van der Waals surface area contributed by atoms with Crippen LogP contribution in [0.3, 0.4) is 0 Å². The highest BCUT2D eigenvalue weighted by Gasteiger charge is 2.35.